The van der Waals surface area contributed by atoms with Gasteiger partial charge in [0.15, 0.2) is 5.54 Å². The number of nitrogens with one attached hydrogen (secondary N) is 2. The molecule has 10 nitrogen and oxygen atoms in total. The molecule has 0 amide bonds. The minimum Gasteiger partial charge on any atom is -0.356 e. The number of nitrogens with zero attached hydrogens (tertiary/aromatic N) is 7. The number of rotatable bonds is 5. The monoisotopic (exact) mass is 457 g/mol. The Morgan fingerprint density at radius 1 is 0.909 bits per heavy atom. The van der Waals surface area contributed by atoms with E-state index >= 15 is 0 Å². The molecular formula is C22H19N9OS. The number of hydrogen-bond donors (Lipinski definition) is 2. The van der Waals surface area contributed by atoms with Gasteiger partial charge in [0.2, 0.25) is 11.5 Å². The van der Waals surface area contributed by atoms with E-state index in [4.69, 9.17) is 14.7 Å². The number of pyridine rings is 1. The summed E-state index contributed by atoms with van der Waals surface area (Å²) < 4.78 is 6.76. The highest BCUT2D eigenvalue weighted by Crippen LogP contribution is 2.56. The number of morpholine rings is 1. The van der Waals surface area contributed by atoms with Crippen LogP contribution < -0.4 is 4.90 Å². The van der Waals surface area contributed by atoms with Gasteiger partial charge in [0.05, 0.1) is 18.0 Å². The zero-order chi connectivity index (χ0) is 22.1. The fraction of sp³-hybridized carbons (Fsp3) is 0.182. The molecule has 0 aromatic carbocycles. The lowest BCUT2D eigenvalue weighted by atomic mass is 9.71. The van der Waals surface area contributed by atoms with E-state index in [-0.39, 0.29) is 0 Å². The summed E-state index contributed by atoms with van der Waals surface area (Å²) in [6.45, 7) is 0.898. The van der Waals surface area contributed by atoms with Gasteiger partial charge in [0.1, 0.15) is 10.8 Å². The van der Waals surface area contributed by atoms with Crippen molar-refractivity contribution in [2.24, 2.45) is 0 Å². The molecule has 0 saturated carbocycles. The molecule has 0 bridgehead atoms. The fourth-order valence-electron chi connectivity index (χ4n) is 4.66. The standard InChI is InChI=1S/C22H19N9OS/c1-2-6-23-16(4-1)21(19-26-12-15-33-19)22(17-5-9-29-30-17,18-24-10-11-25-18)32-14-13-31(21)20-27-7-3-8-28-20/h1-12,15H,13-14H2,(H,24,25)(H,29,30). The quantitative estimate of drug-likeness (QED) is 0.413. The first-order chi connectivity index (χ1) is 16.4. The minimum absolute atomic E-state index is 0.387. The zero-order valence-corrected chi connectivity index (χ0v) is 18.2. The Balaban J connectivity index is 1.79. The summed E-state index contributed by atoms with van der Waals surface area (Å²) in [5.41, 5.74) is -0.889. The van der Waals surface area contributed by atoms with Gasteiger partial charge in [-0.3, -0.25) is 10.1 Å². The summed E-state index contributed by atoms with van der Waals surface area (Å²) in [5.74, 6) is 1.13. The van der Waals surface area contributed by atoms with Gasteiger partial charge in [-0.25, -0.2) is 19.9 Å². The van der Waals surface area contributed by atoms with Gasteiger partial charge in [-0.1, -0.05) is 6.07 Å². The highest BCUT2D eigenvalue weighted by Gasteiger charge is 2.67. The van der Waals surface area contributed by atoms with E-state index in [2.05, 4.69) is 35.0 Å². The van der Waals surface area contributed by atoms with Gasteiger partial charge in [-0.15, -0.1) is 11.3 Å². The van der Waals surface area contributed by atoms with Gasteiger partial charge in [0, 0.05) is 55.3 Å². The third kappa shape index (κ3) is 2.76. The SMILES string of the molecule is c1ccc(C2(c3nccs3)N(c3ncccn3)CCOC2(c2ccn[nH]2)c2ncc[nH]2)nc1. The molecule has 164 valence electrons. The molecule has 6 rings (SSSR count). The summed E-state index contributed by atoms with van der Waals surface area (Å²) in [6, 6.07) is 9.50. The van der Waals surface area contributed by atoms with Crippen LogP contribution in [0.2, 0.25) is 0 Å². The van der Waals surface area contributed by atoms with E-state index in [1.54, 1.807) is 49.4 Å². The lowest BCUT2D eigenvalue weighted by molar-refractivity contribution is -0.100. The van der Waals surface area contributed by atoms with E-state index in [0.717, 1.165) is 10.7 Å². The highest BCUT2D eigenvalue weighted by molar-refractivity contribution is 7.09. The Kier molecular flexibility index (Phi) is 4.70. The van der Waals surface area contributed by atoms with Crippen molar-refractivity contribution in [2.45, 2.75) is 11.1 Å². The van der Waals surface area contributed by atoms with Gasteiger partial charge in [0.25, 0.3) is 0 Å². The second-order valence-electron chi connectivity index (χ2n) is 7.40. The Labute approximate surface area is 192 Å². The maximum absolute atomic E-state index is 6.76. The van der Waals surface area contributed by atoms with Crippen LogP contribution in [0, 0.1) is 0 Å². The molecule has 5 aromatic rings. The summed E-state index contributed by atoms with van der Waals surface area (Å²) in [7, 11) is 0. The summed E-state index contributed by atoms with van der Waals surface area (Å²) in [5, 5.41) is 10.1. The van der Waals surface area contributed by atoms with Gasteiger partial charge in [-0.2, -0.15) is 5.10 Å². The van der Waals surface area contributed by atoms with Crippen molar-refractivity contribution in [2.75, 3.05) is 18.1 Å². The predicted octanol–water partition coefficient (Wildman–Crippen LogP) is 2.50. The Morgan fingerprint density at radius 2 is 1.82 bits per heavy atom. The third-order valence-electron chi connectivity index (χ3n) is 5.83. The molecule has 2 atom stereocenters. The predicted molar refractivity (Wildman–Crippen MR) is 120 cm³/mol. The first-order valence-electron chi connectivity index (χ1n) is 10.4. The van der Waals surface area contributed by atoms with Gasteiger partial charge < -0.3 is 14.6 Å². The summed E-state index contributed by atoms with van der Waals surface area (Å²) in [6.07, 6.45) is 12.2. The number of aromatic nitrogens is 8. The van der Waals surface area contributed by atoms with E-state index in [9.17, 15) is 0 Å². The van der Waals surface area contributed by atoms with Crippen LogP contribution in [0.4, 0.5) is 5.95 Å². The maximum atomic E-state index is 6.76. The molecule has 6 heterocycles. The second-order valence-corrected chi connectivity index (χ2v) is 8.30. The average molecular weight is 458 g/mol. The third-order valence-corrected chi connectivity index (χ3v) is 6.71. The molecule has 2 unspecified atom stereocenters. The van der Waals surface area contributed by atoms with Crippen molar-refractivity contribution in [3.8, 4) is 0 Å². The van der Waals surface area contributed by atoms with Crippen molar-refractivity contribution >= 4 is 17.3 Å². The van der Waals surface area contributed by atoms with Gasteiger partial charge >= 0.3 is 0 Å². The molecule has 2 N–H and O–H groups in total. The first kappa shape index (κ1) is 19.7. The van der Waals surface area contributed by atoms with Crippen molar-refractivity contribution in [1.82, 2.24) is 40.1 Å². The number of anilines is 1. The Hall–Kier alpha value is -3.96. The van der Waals surface area contributed by atoms with E-state index in [1.807, 2.05) is 29.6 Å². The molecule has 33 heavy (non-hydrogen) atoms. The van der Waals surface area contributed by atoms with Crippen molar-refractivity contribution in [3.63, 3.8) is 0 Å². The van der Waals surface area contributed by atoms with Crippen molar-refractivity contribution < 1.29 is 4.74 Å². The highest BCUT2D eigenvalue weighted by atomic mass is 32.1. The van der Waals surface area contributed by atoms with Crippen LogP contribution in [0.15, 0.2) is 79.1 Å². The topological polar surface area (TPSA) is 121 Å². The molecule has 0 aliphatic carbocycles. The molecule has 1 fully saturated rings. The summed E-state index contributed by atoms with van der Waals surface area (Å²) in [4.78, 5) is 29.0. The number of ether oxygens (including phenoxy) is 1. The zero-order valence-electron chi connectivity index (χ0n) is 17.4. The summed E-state index contributed by atoms with van der Waals surface area (Å²) >= 11 is 1.51. The van der Waals surface area contributed by atoms with E-state index in [1.165, 1.54) is 11.3 Å². The molecular weight excluding hydrogens is 438 g/mol. The number of hydrogen-bond acceptors (Lipinski definition) is 9. The maximum Gasteiger partial charge on any atom is 0.226 e. The molecule has 1 aliphatic heterocycles. The molecule has 5 aromatic heterocycles. The van der Waals surface area contributed by atoms with Crippen LogP contribution >= 0.6 is 11.3 Å². The number of thiazole rings is 1. The minimum atomic E-state index is -1.21. The normalized spacial score (nSPS) is 23.0. The second kappa shape index (κ2) is 7.87. The number of aromatic amines is 2. The molecule has 0 radical (unpaired) electrons. The van der Waals surface area contributed by atoms with Crippen LogP contribution in [0.1, 0.15) is 22.2 Å². The van der Waals surface area contributed by atoms with Crippen LogP contribution in [0.25, 0.3) is 0 Å². The molecule has 11 heteroatoms. The van der Waals surface area contributed by atoms with Crippen molar-refractivity contribution in [1.29, 1.82) is 0 Å². The molecule has 1 saturated heterocycles. The van der Waals surface area contributed by atoms with Gasteiger partial charge in [-0.05, 0) is 24.3 Å². The van der Waals surface area contributed by atoms with Crippen molar-refractivity contribution in [3.05, 3.63) is 101 Å². The number of imidazole rings is 1. The Morgan fingerprint density at radius 3 is 2.52 bits per heavy atom. The van der Waals surface area contributed by atoms with Crippen LogP contribution in [-0.2, 0) is 15.9 Å². The lowest BCUT2D eigenvalue weighted by Gasteiger charge is -2.55. The lowest BCUT2D eigenvalue weighted by Crippen LogP contribution is -2.68. The van der Waals surface area contributed by atoms with Crippen LogP contribution in [0.3, 0.4) is 0 Å². The first-order valence-corrected chi connectivity index (χ1v) is 11.2. The largest absolute Gasteiger partial charge is 0.356 e. The fourth-order valence-corrected chi connectivity index (χ4v) is 5.56. The van der Waals surface area contributed by atoms with E-state index in [0.29, 0.717) is 30.6 Å². The Bertz CT molecular complexity index is 1260. The van der Waals surface area contributed by atoms with Crippen LogP contribution in [0.5, 0.6) is 0 Å². The van der Waals surface area contributed by atoms with E-state index < -0.39 is 11.1 Å². The van der Waals surface area contributed by atoms with Crippen LogP contribution in [-0.4, -0.2) is 53.3 Å². The number of H-pyrrole nitrogens is 2. The smallest absolute Gasteiger partial charge is 0.226 e. The molecule has 0 spiro atoms. The molecule has 1 aliphatic rings. The average Bonchev–Trinajstić information content (AvgIpc) is 3.67.